The highest BCUT2D eigenvalue weighted by molar-refractivity contribution is 5.49. The van der Waals surface area contributed by atoms with Gasteiger partial charge in [-0.05, 0) is 17.7 Å². The van der Waals surface area contributed by atoms with Gasteiger partial charge in [-0.25, -0.2) is 0 Å². The van der Waals surface area contributed by atoms with Gasteiger partial charge in [0.15, 0.2) is 0 Å². The average Bonchev–Trinajstić information content (AvgIpc) is 2.39. The zero-order valence-electron chi connectivity index (χ0n) is 9.39. The Kier molecular flexibility index (Phi) is 3.77. The van der Waals surface area contributed by atoms with E-state index in [1.54, 1.807) is 0 Å². The van der Waals surface area contributed by atoms with Crippen molar-refractivity contribution in [2.24, 2.45) is 5.73 Å². The van der Waals surface area contributed by atoms with E-state index in [-0.39, 0.29) is 12.6 Å². The Balaban J connectivity index is 2.14. The maximum absolute atomic E-state index is 9.04. The van der Waals surface area contributed by atoms with Crippen LogP contribution >= 0.6 is 0 Å². The SMILES string of the molecule is N[C@@H](CO)c1cccc(N2CCNCC2)c1. The first-order valence-electron chi connectivity index (χ1n) is 5.73. The number of anilines is 1. The summed E-state index contributed by atoms with van der Waals surface area (Å²) in [6.45, 7) is 4.09. The molecule has 0 aromatic heterocycles. The van der Waals surface area contributed by atoms with Crippen molar-refractivity contribution in [3.05, 3.63) is 29.8 Å². The van der Waals surface area contributed by atoms with Crippen LogP contribution in [0, 0.1) is 0 Å². The third-order valence-corrected chi connectivity index (χ3v) is 2.98. The quantitative estimate of drug-likeness (QED) is 0.677. The smallest absolute Gasteiger partial charge is 0.0624 e. The molecule has 0 radical (unpaired) electrons. The molecule has 1 aliphatic heterocycles. The van der Waals surface area contributed by atoms with Crippen molar-refractivity contribution in [1.82, 2.24) is 5.32 Å². The van der Waals surface area contributed by atoms with Gasteiger partial charge in [-0.3, -0.25) is 0 Å². The van der Waals surface area contributed by atoms with Crippen molar-refractivity contribution in [3.63, 3.8) is 0 Å². The summed E-state index contributed by atoms with van der Waals surface area (Å²) in [5.41, 5.74) is 8.01. The summed E-state index contributed by atoms with van der Waals surface area (Å²) in [7, 11) is 0. The van der Waals surface area contributed by atoms with E-state index in [1.807, 2.05) is 12.1 Å². The van der Waals surface area contributed by atoms with Gasteiger partial charge in [0.2, 0.25) is 0 Å². The molecule has 0 saturated carbocycles. The lowest BCUT2D eigenvalue weighted by molar-refractivity contribution is 0.268. The van der Waals surface area contributed by atoms with Crippen LogP contribution in [0.3, 0.4) is 0 Å². The van der Waals surface area contributed by atoms with Crippen molar-refractivity contribution in [2.45, 2.75) is 6.04 Å². The topological polar surface area (TPSA) is 61.5 Å². The van der Waals surface area contributed by atoms with Gasteiger partial charge < -0.3 is 21.1 Å². The zero-order valence-corrected chi connectivity index (χ0v) is 9.39. The molecule has 1 atom stereocenters. The fourth-order valence-corrected chi connectivity index (χ4v) is 1.98. The molecule has 1 fully saturated rings. The first-order valence-corrected chi connectivity index (χ1v) is 5.73. The third-order valence-electron chi connectivity index (χ3n) is 2.98. The molecule has 0 amide bonds. The Labute approximate surface area is 96.1 Å². The van der Waals surface area contributed by atoms with Crippen LogP contribution in [0.25, 0.3) is 0 Å². The second-order valence-electron chi connectivity index (χ2n) is 4.12. The lowest BCUT2D eigenvalue weighted by atomic mass is 10.1. The molecule has 0 aliphatic carbocycles. The molecular formula is C12H19N3O. The van der Waals surface area contributed by atoms with Gasteiger partial charge in [-0.1, -0.05) is 12.1 Å². The average molecular weight is 221 g/mol. The fourth-order valence-electron chi connectivity index (χ4n) is 1.98. The number of nitrogens with one attached hydrogen (secondary N) is 1. The van der Waals surface area contributed by atoms with Crippen molar-refractivity contribution in [3.8, 4) is 0 Å². The van der Waals surface area contributed by atoms with Crippen LogP contribution in [0.2, 0.25) is 0 Å². The Bertz CT molecular complexity index is 337. The second-order valence-corrected chi connectivity index (χ2v) is 4.12. The molecule has 88 valence electrons. The van der Waals surface area contributed by atoms with Crippen LogP contribution in [0.4, 0.5) is 5.69 Å². The summed E-state index contributed by atoms with van der Waals surface area (Å²) < 4.78 is 0. The monoisotopic (exact) mass is 221 g/mol. The minimum Gasteiger partial charge on any atom is -0.394 e. The summed E-state index contributed by atoms with van der Waals surface area (Å²) >= 11 is 0. The van der Waals surface area contributed by atoms with E-state index in [0.717, 1.165) is 31.7 Å². The maximum atomic E-state index is 9.04. The standard InChI is InChI=1S/C12H19N3O/c13-12(9-16)10-2-1-3-11(8-10)15-6-4-14-5-7-15/h1-3,8,12,14,16H,4-7,9,13H2/t12-/m0/s1. The van der Waals surface area contributed by atoms with Gasteiger partial charge in [0.05, 0.1) is 12.6 Å². The molecule has 0 unspecified atom stereocenters. The summed E-state index contributed by atoms with van der Waals surface area (Å²) in [6, 6.07) is 7.86. The predicted molar refractivity (Wildman–Crippen MR) is 65.5 cm³/mol. The number of nitrogens with zero attached hydrogens (tertiary/aromatic N) is 1. The minimum atomic E-state index is -0.275. The van der Waals surface area contributed by atoms with E-state index < -0.39 is 0 Å². The van der Waals surface area contributed by atoms with Crippen LogP contribution in [-0.2, 0) is 0 Å². The first-order chi connectivity index (χ1) is 7.81. The number of nitrogens with two attached hydrogens (primary N) is 1. The number of aliphatic hydroxyl groups excluding tert-OH is 1. The molecule has 4 N–H and O–H groups in total. The van der Waals surface area contributed by atoms with Crippen molar-refractivity contribution < 1.29 is 5.11 Å². The molecule has 4 nitrogen and oxygen atoms in total. The van der Waals surface area contributed by atoms with E-state index >= 15 is 0 Å². The molecule has 0 bridgehead atoms. The third kappa shape index (κ3) is 2.52. The van der Waals surface area contributed by atoms with Crippen molar-refractivity contribution >= 4 is 5.69 Å². The molecule has 2 rings (SSSR count). The lowest BCUT2D eigenvalue weighted by Gasteiger charge is -2.30. The van der Waals surface area contributed by atoms with Gasteiger partial charge in [0.1, 0.15) is 0 Å². The number of hydrogen-bond donors (Lipinski definition) is 3. The fraction of sp³-hybridized carbons (Fsp3) is 0.500. The van der Waals surface area contributed by atoms with E-state index in [4.69, 9.17) is 10.8 Å². The number of benzene rings is 1. The summed E-state index contributed by atoms with van der Waals surface area (Å²) in [5, 5.41) is 12.4. The van der Waals surface area contributed by atoms with Crippen molar-refractivity contribution in [2.75, 3.05) is 37.7 Å². The highest BCUT2D eigenvalue weighted by Gasteiger charge is 2.12. The van der Waals surface area contributed by atoms with Crippen LogP contribution < -0.4 is 16.0 Å². The van der Waals surface area contributed by atoms with Crippen LogP contribution in [0.5, 0.6) is 0 Å². The number of hydrogen-bond acceptors (Lipinski definition) is 4. The van der Waals surface area contributed by atoms with Gasteiger partial charge in [0.25, 0.3) is 0 Å². The van der Waals surface area contributed by atoms with Gasteiger partial charge >= 0.3 is 0 Å². The minimum absolute atomic E-state index is 0.00892. The molecular weight excluding hydrogens is 202 g/mol. The normalized spacial score (nSPS) is 18.5. The second kappa shape index (κ2) is 5.30. The molecule has 1 aromatic carbocycles. The Morgan fingerprint density at radius 1 is 1.38 bits per heavy atom. The Morgan fingerprint density at radius 3 is 2.81 bits per heavy atom. The van der Waals surface area contributed by atoms with Crippen LogP contribution in [-0.4, -0.2) is 37.9 Å². The van der Waals surface area contributed by atoms with Crippen molar-refractivity contribution in [1.29, 1.82) is 0 Å². The number of aliphatic hydroxyl groups is 1. The summed E-state index contributed by atoms with van der Waals surface area (Å²) in [6.07, 6.45) is 0. The number of rotatable bonds is 3. The molecule has 1 saturated heterocycles. The molecule has 4 heteroatoms. The zero-order chi connectivity index (χ0) is 11.4. The van der Waals surface area contributed by atoms with Crippen LogP contribution in [0.15, 0.2) is 24.3 Å². The van der Waals surface area contributed by atoms with Gasteiger partial charge in [-0.2, -0.15) is 0 Å². The first kappa shape index (κ1) is 11.4. The number of piperazine rings is 1. The molecule has 1 aliphatic rings. The summed E-state index contributed by atoms with van der Waals surface area (Å²) in [5.74, 6) is 0. The Morgan fingerprint density at radius 2 is 2.12 bits per heavy atom. The maximum Gasteiger partial charge on any atom is 0.0624 e. The van der Waals surface area contributed by atoms with E-state index in [2.05, 4.69) is 22.3 Å². The highest BCUT2D eigenvalue weighted by Crippen LogP contribution is 2.19. The van der Waals surface area contributed by atoms with E-state index in [0.29, 0.717) is 0 Å². The van der Waals surface area contributed by atoms with Gasteiger partial charge in [-0.15, -0.1) is 0 Å². The molecule has 1 heterocycles. The van der Waals surface area contributed by atoms with E-state index in [9.17, 15) is 0 Å². The largest absolute Gasteiger partial charge is 0.394 e. The lowest BCUT2D eigenvalue weighted by Crippen LogP contribution is -2.43. The predicted octanol–water partition coefficient (Wildman–Crippen LogP) is 0.0883. The van der Waals surface area contributed by atoms with E-state index in [1.165, 1.54) is 5.69 Å². The molecule has 1 aromatic rings. The van der Waals surface area contributed by atoms with Crippen LogP contribution in [0.1, 0.15) is 11.6 Å². The molecule has 0 spiro atoms. The summed E-state index contributed by atoms with van der Waals surface area (Å²) in [4.78, 5) is 2.34. The van der Waals surface area contributed by atoms with Gasteiger partial charge in [0, 0.05) is 31.9 Å². The molecule has 16 heavy (non-hydrogen) atoms. The Hall–Kier alpha value is -1.10. The highest BCUT2D eigenvalue weighted by atomic mass is 16.3.